The molecule has 2 heterocycles. The second kappa shape index (κ2) is 8.11. The highest BCUT2D eigenvalue weighted by molar-refractivity contribution is 6.08. The molecule has 0 aliphatic rings. The van der Waals surface area contributed by atoms with E-state index in [4.69, 9.17) is 5.73 Å². The Morgan fingerprint density at radius 3 is 2.60 bits per heavy atom. The Balaban J connectivity index is 1.67. The average Bonchev–Trinajstić information content (AvgIpc) is 2.71. The number of nitrogen functional groups attached to an aromatic ring is 1. The number of ketones is 1. The van der Waals surface area contributed by atoms with Crippen molar-refractivity contribution in [2.45, 2.75) is 39.5 Å². The molecular weight excluding hydrogens is 374 g/mol. The van der Waals surface area contributed by atoms with E-state index in [1.807, 2.05) is 25.3 Å². The van der Waals surface area contributed by atoms with Crippen LogP contribution in [0, 0.1) is 6.92 Å². The topological polar surface area (TPSA) is 89.1 Å². The first kappa shape index (κ1) is 19.8. The molecule has 4 rings (SSSR count). The van der Waals surface area contributed by atoms with Gasteiger partial charge in [-0.3, -0.25) is 4.98 Å². The van der Waals surface area contributed by atoms with Crippen molar-refractivity contribution in [3.8, 4) is 5.75 Å². The Kier molecular flexibility index (Phi) is 5.36. The highest BCUT2D eigenvalue weighted by Gasteiger charge is 2.10. The molecule has 0 saturated heterocycles. The van der Waals surface area contributed by atoms with Crippen LogP contribution in [0.4, 0.5) is 5.82 Å². The number of hydrogen-bond acceptors (Lipinski definition) is 5. The summed E-state index contributed by atoms with van der Waals surface area (Å²) in [5.74, 6) is 0.890. The van der Waals surface area contributed by atoms with Crippen molar-refractivity contribution in [1.29, 1.82) is 0 Å². The third-order valence-electron chi connectivity index (χ3n) is 5.56. The van der Waals surface area contributed by atoms with E-state index < -0.39 is 0 Å². The molecular formula is C25H25N3O2. The molecule has 4 aromatic rings. The van der Waals surface area contributed by atoms with Gasteiger partial charge in [0.25, 0.3) is 0 Å². The van der Waals surface area contributed by atoms with Crippen molar-refractivity contribution in [3.63, 3.8) is 0 Å². The summed E-state index contributed by atoms with van der Waals surface area (Å²) < 4.78 is 0. The van der Waals surface area contributed by atoms with Crippen molar-refractivity contribution in [3.05, 3.63) is 70.9 Å². The average molecular weight is 399 g/mol. The lowest BCUT2D eigenvalue weighted by Gasteiger charge is -2.10. The van der Waals surface area contributed by atoms with Gasteiger partial charge in [0.15, 0.2) is 5.82 Å². The van der Waals surface area contributed by atoms with Crippen molar-refractivity contribution >= 4 is 33.4 Å². The Morgan fingerprint density at radius 2 is 1.83 bits per heavy atom. The number of nitrogens with zero attached hydrogens (tertiary/aromatic N) is 2. The zero-order valence-electron chi connectivity index (χ0n) is 17.3. The van der Waals surface area contributed by atoms with Gasteiger partial charge in [-0.05, 0) is 79.6 Å². The number of phenols is 1. The Morgan fingerprint density at radius 1 is 1.00 bits per heavy atom. The first-order valence-corrected chi connectivity index (χ1v) is 10.2. The van der Waals surface area contributed by atoms with Gasteiger partial charge >= 0.3 is 0 Å². The molecule has 0 amide bonds. The molecule has 30 heavy (non-hydrogen) atoms. The number of aryl methyl sites for hydroxylation is 4. The number of benzene rings is 2. The number of aromatic hydroxyl groups is 1. The summed E-state index contributed by atoms with van der Waals surface area (Å²) in [6.07, 6.45) is 4.80. The molecule has 0 aliphatic carbocycles. The van der Waals surface area contributed by atoms with Gasteiger partial charge in [-0.25, -0.2) is 4.98 Å². The number of fused-ring (bicyclic) bond motifs is 3. The summed E-state index contributed by atoms with van der Waals surface area (Å²) in [5, 5.41) is 11.6. The summed E-state index contributed by atoms with van der Waals surface area (Å²) in [5.41, 5.74) is 12.2. The fraction of sp³-hybridized carbons (Fsp3) is 0.240. The van der Waals surface area contributed by atoms with Gasteiger partial charge < -0.3 is 15.6 Å². The van der Waals surface area contributed by atoms with Gasteiger partial charge in [0.1, 0.15) is 17.0 Å². The number of rotatable bonds is 6. The van der Waals surface area contributed by atoms with Crippen LogP contribution in [0.1, 0.15) is 35.6 Å². The fourth-order valence-corrected chi connectivity index (χ4v) is 3.85. The third-order valence-corrected chi connectivity index (χ3v) is 5.56. The Labute approximate surface area is 175 Å². The summed E-state index contributed by atoms with van der Waals surface area (Å²) in [6.45, 7) is 3.62. The van der Waals surface area contributed by atoms with E-state index in [0.717, 1.165) is 45.8 Å². The number of nitrogens with two attached hydrogens (primary N) is 1. The molecule has 2 aromatic heterocycles. The van der Waals surface area contributed by atoms with Crippen molar-refractivity contribution in [2.24, 2.45) is 0 Å². The minimum atomic E-state index is 0.179. The maximum atomic E-state index is 11.3. The summed E-state index contributed by atoms with van der Waals surface area (Å²) in [4.78, 5) is 20.4. The molecule has 5 heteroatoms. The van der Waals surface area contributed by atoms with Crippen LogP contribution in [0.5, 0.6) is 5.75 Å². The van der Waals surface area contributed by atoms with E-state index >= 15 is 0 Å². The lowest BCUT2D eigenvalue weighted by Crippen LogP contribution is -1.99. The molecule has 3 N–H and O–H groups in total. The molecule has 0 unspecified atom stereocenters. The van der Waals surface area contributed by atoms with Crippen molar-refractivity contribution in [1.82, 2.24) is 9.97 Å². The molecule has 0 fully saturated rings. The highest BCUT2D eigenvalue weighted by Crippen LogP contribution is 2.28. The zero-order chi connectivity index (χ0) is 21.3. The predicted octanol–water partition coefficient (Wildman–Crippen LogP) is 4.69. The van der Waals surface area contributed by atoms with Crippen LogP contribution in [-0.2, 0) is 24.1 Å². The molecule has 0 atom stereocenters. The van der Waals surface area contributed by atoms with E-state index in [2.05, 4.69) is 28.2 Å². The van der Waals surface area contributed by atoms with E-state index in [9.17, 15) is 9.90 Å². The minimum Gasteiger partial charge on any atom is -0.508 e. The molecule has 0 radical (unpaired) electrons. The van der Waals surface area contributed by atoms with Crippen LogP contribution in [0.2, 0.25) is 0 Å². The van der Waals surface area contributed by atoms with E-state index in [0.29, 0.717) is 29.9 Å². The second-order valence-corrected chi connectivity index (χ2v) is 7.90. The monoisotopic (exact) mass is 399 g/mol. The Bertz CT molecular complexity index is 1260. The van der Waals surface area contributed by atoms with Gasteiger partial charge in [0.2, 0.25) is 0 Å². The van der Waals surface area contributed by atoms with Gasteiger partial charge in [-0.15, -0.1) is 0 Å². The van der Waals surface area contributed by atoms with Crippen LogP contribution in [0.3, 0.4) is 0 Å². The van der Waals surface area contributed by atoms with Crippen LogP contribution in [0.15, 0.2) is 48.7 Å². The largest absolute Gasteiger partial charge is 0.508 e. The van der Waals surface area contributed by atoms with Crippen molar-refractivity contribution in [2.75, 3.05) is 5.73 Å². The molecule has 0 spiro atoms. The summed E-state index contributed by atoms with van der Waals surface area (Å²) in [7, 11) is 0. The number of carbonyl (C=O) groups excluding carboxylic acids is 1. The number of Topliss-reactive ketones (excluding diaryl/α,β-unsaturated/α-hetero) is 1. The quantitative estimate of drug-likeness (QED) is 0.459. The molecule has 0 aliphatic heterocycles. The highest BCUT2D eigenvalue weighted by atomic mass is 16.3. The van der Waals surface area contributed by atoms with E-state index in [1.54, 1.807) is 19.1 Å². The van der Waals surface area contributed by atoms with Crippen molar-refractivity contribution < 1.29 is 9.90 Å². The number of anilines is 1. The normalized spacial score (nSPS) is 11.3. The third kappa shape index (κ3) is 4.10. The van der Waals surface area contributed by atoms with Crippen LogP contribution in [0.25, 0.3) is 21.8 Å². The number of hydrogen-bond donors (Lipinski definition) is 2. The maximum Gasteiger partial charge on any atom is 0.150 e. The molecule has 152 valence electrons. The maximum absolute atomic E-state index is 11.3. The lowest BCUT2D eigenvalue weighted by molar-refractivity contribution is -0.116. The lowest BCUT2D eigenvalue weighted by atomic mass is 9.99. The number of aromatic nitrogens is 2. The number of phenolic OH excluding ortho intramolecular Hbond substituents is 1. The Hall–Kier alpha value is -3.47. The van der Waals surface area contributed by atoms with Gasteiger partial charge in [-0.1, -0.05) is 18.2 Å². The van der Waals surface area contributed by atoms with Crippen LogP contribution < -0.4 is 5.73 Å². The van der Waals surface area contributed by atoms with E-state index in [1.165, 1.54) is 5.56 Å². The van der Waals surface area contributed by atoms with E-state index in [-0.39, 0.29) is 5.78 Å². The number of pyridine rings is 2. The molecule has 0 saturated carbocycles. The van der Waals surface area contributed by atoms with Crippen LogP contribution >= 0.6 is 0 Å². The van der Waals surface area contributed by atoms with Gasteiger partial charge in [0.05, 0.1) is 5.52 Å². The summed E-state index contributed by atoms with van der Waals surface area (Å²) >= 11 is 0. The molecule has 5 nitrogen and oxygen atoms in total. The number of carbonyl (C=O) groups is 1. The molecule has 2 aromatic carbocycles. The fourth-order valence-electron chi connectivity index (χ4n) is 3.85. The standard InChI is InChI=1S/C25H25N3O2/c1-15-11-20(30)9-8-19(15)7-5-18-12-22-21-10-6-17(4-3-16(2)29)13-23(21)28-25(26)24(22)27-14-18/h6,8-14,30H,3-5,7H2,1-2H3,(H2,26,28). The predicted molar refractivity (Wildman–Crippen MR) is 121 cm³/mol. The van der Waals surface area contributed by atoms with Gasteiger partial charge in [-0.2, -0.15) is 0 Å². The SMILES string of the molecule is CC(=O)CCc1ccc2c(c1)nc(N)c1ncc(CCc3ccc(O)cc3C)cc12. The first-order chi connectivity index (χ1) is 14.4. The van der Waals surface area contributed by atoms with Gasteiger partial charge in [0, 0.05) is 23.4 Å². The first-order valence-electron chi connectivity index (χ1n) is 10.2. The van der Waals surface area contributed by atoms with Crippen LogP contribution in [-0.4, -0.2) is 20.9 Å². The minimum absolute atomic E-state index is 0.179. The zero-order valence-corrected chi connectivity index (χ0v) is 17.3. The molecule has 0 bridgehead atoms. The smallest absolute Gasteiger partial charge is 0.150 e. The summed E-state index contributed by atoms with van der Waals surface area (Å²) in [6, 6.07) is 13.7. The second-order valence-electron chi connectivity index (χ2n) is 7.90.